The number of hydrogen-bond acceptors (Lipinski definition) is 4. The summed E-state index contributed by atoms with van der Waals surface area (Å²) in [7, 11) is 0. The van der Waals surface area contributed by atoms with Gasteiger partial charge < -0.3 is 5.11 Å². The highest BCUT2D eigenvalue weighted by atomic mass is 16.2. The van der Waals surface area contributed by atoms with E-state index in [4.69, 9.17) is 5.11 Å². The minimum absolute atomic E-state index is 0.233. The van der Waals surface area contributed by atoms with Gasteiger partial charge in [-0.2, -0.15) is 0 Å². The third-order valence-electron chi connectivity index (χ3n) is 2.97. The third-order valence-corrected chi connectivity index (χ3v) is 2.97. The lowest BCUT2D eigenvalue weighted by Gasteiger charge is -2.08. The van der Waals surface area contributed by atoms with Crippen LogP contribution in [-0.2, 0) is 13.0 Å². The highest BCUT2D eigenvalue weighted by Crippen LogP contribution is 2.12. The summed E-state index contributed by atoms with van der Waals surface area (Å²) in [5.74, 6) is 0.599. The van der Waals surface area contributed by atoms with Gasteiger partial charge in [-0.15, -0.1) is 5.10 Å². The maximum absolute atomic E-state index is 10.9. The molecule has 0 aliphatic rings. The van der Waals surface area contributed by atoms with Crippen molar-refractivity contribution >= 4 is 6.29 Å². The molecule has 0 aliphatic carbocycles. The van der Waals surface area contributed by atoms with E-state index in [1.807, 2.05) is 4.68 Å². The van der Waals surface area contributed by atoms with E-state index < -0.39 is 0 Å². The molecule has 0 unspecified atom stereocenters. The van der Waals surface area contributed by atoms with Gasteiger partial charge in [-0.1, -0.05) is 19.1 Å². The number of aliphatic hydroxyl groups excluding tert-OH is 1. The first-order valence-corrected chi connectivity index (χ1v) is 6.67. The molecular weight excluding hydrogens is 230 g/mol. The fourth-order valence-electron chi connectivity index (χ4n) is 1.85. The zero-order chi connectivity index (χ0) is 13.4. The maximum Gasteiger partial charge on any atom is 0.172 e. The summed E-state index contributed by atoms with van der Waals surface area (Å²) < 4.78 is 1.84. The lowest BCUT2D eigenvalue weighted by molar-refractivity contribution is 0.111. The highest BCUT2D eigenvalue weighted by molar-refractivity contribution is 5.73. The van der Waals surface area contributed by atoms with E-state index >= 15 is 0 Å². The van der Waals surface area contributed by atoms with Gasteiger partial charge in [0.2, 0.25) is 0 Å². The molecule has 1 aromatic rings. The summed E-state index contributed by atoms with van der Waals surface area (Å²) in [6, 6.07) is 0. The molecule has 0 amide bonds. The fourth-order valence-corrected chi connectivity index (χ4v) is 1.85. The smallest absolute Gasteiger partial charge is 0.172 e. The van der Waals surface area contributed by atoms with Gasteiger partial charge in [0.1, 0.15) is 5.69 Å². The molecule has 18 heavy (non-hydrogen) atoms. The number of rotatable bonds is 9. The van der Waals surface area contributed by atoms with Crippen LogP contribution in [0.15, 0.2) is 0 Å². The molecule has 1 N–H and O–H groups in total. The largest absolute Gasteiger partial charge is 0.396 e. The van der Waals surface area contributed by atoms with E-state index in [1.54, 1.807) is 0 Å². The summed E-state index contributed by atoms with van der Waals surface area (Å²) >= 11 is 0. The van der Waals surface area contributed by atoms with Crippen LogP contribution in [0.4, 0.5) is 0 Å². The summed E-state index contributed by atoms with van der Waals surface area (Å²) in [6.45, 7) is 5.33. The standard InChI is InChI=1S/C13H23N3O2/c1-11(2)6-7-13-12(10-18)14-15-16(13)8-4-3-5-9-17/h10-11,17H,3-9H2,1-2H3. The Morgan fingerprint density at radius 3 is 2.72 bits per heavy atom. The topological polar surface area (TPSA) is 68.0 Å². The summed E-state index contributed by atoms with van der Waals surface area (Å²) in [5, 5.41) is 16.7. The van der Waals surface area contributed by atoms with Crippen LogP contribution in [0.2, 0.25) is 0 Å². The van der Waals surface area contributed by atoms with Crippen LogP contribution < -0.4 is 0 Å². The quantitative estimate of drug-likeness (QED) is 0.538. The van der Waals surface area contributed by atoms with E-state index in [0.717, 1.165) is 50.6 Å². The number of hydrogen-bond donors (Lipinski definition) is 1. The molecule has 0 aromatic carbocycles. The SMILES string of the molecule is CC(C)CCc1c(C=O)nnn1CCCCCO. The monoisotopic (exact) mass is 253 g/mol. The van der Waals surface area contributed by atoms with Crippen molar-refractivity contribution in [2.24, 2.45) is 5.92 Å². The molecule has 5 heteroatoms. The molecule has 1 aromatic heterocycles. The van der Waals surface area contributed by atoms with Crippen LogP contribution in [0, 0.1) is 5.92 Å². The van der Waals surface area contributed by atoms with Crippen LogP contribution in [-0.4, -0.2) is 33.0 Å². The van der Waals surface area contributed by atoms with Crippen molar-refractivity contribution in [2.45, 2.75) is 52.5 Å². The number of aromatic nitrogens is 3. The predicted molar refractivity (Wildman–Crippen MR) is 69.5 cm³/mol. The first-order chi connectivity index (χ1) is 8.69. The van der Waals surface area contributed by atoms with Gasteiger partial charge in [-0.05, 0) is 38.0 Å². The number of aliphatic hydroxyl groups is 1. The van der Waals surface area contributed by atoms with E-state index in [2.05, 4.69) is 24.2 Å². The second-order valence-corrected chi connectivity index (χ2v) is 4.98. The zero-order valence-electron chi connectivity index (χ0n) is 11.3. The average molecular weight is 253 g/mol. The maximum atomic E-state index is 10.9. The molecule has 0 spiro atoms. The molecule has 0 aliphatic heterocycles. The highest BCUT2D eigenvalue weighted by Gasteiger charge is 2.12. The first kappa shape index (κ1) is 14.8. The number of aryl methyl sites for hydroxylation is 1. The molecule has 0 bridgehead atoms. The van der Waals surface area contributed by atoms with Gasteiger partial charge >= 0.3 is 0 Å². The minimum Gasteiger partial charge on any atom is -0.396 e. The third kappa shape index (κ3) is 4.56. The number of unbranched alkanes of at least 4 members (excludes halogenated alkanes) is 2. The van der Waals surface area contributed by atoms with Gasteiger partial charge in [0.15, 0.2) is 6.29 Å². The second-order valence-electron chi connectivity index (χ2n) is 4.98. The minimum atomic E-state index is 0.233. The molecular formula is C13H23N3O2. The van der Waals surface area contributed by atoms with E-state index in [-0.39, 0.29) is 6.61 Å². The van der Waals surface area contributed by atoms with Crippen molar-refractivity contribution in [3.63, 3.8) is 0 Å². The molecule has 5 nitrogen and oxygen atoms in total. The summed E-state index contributed by atoms with van der Waals surface area (Å²) in [4.78, 5) is 10.9. The van der Waals surface area contributed by atoms with Gasteiger partial charge in [-0.3, -0.25) is 4.79 Å². The van der Waals surface area contributed by atoms with Gasteiger partial charge in [0.05, 0.1) is 5.69 Å². The predicted octanol–water partition coefficient (Wildman–Crippen LogP) is 1.84. The lowest BCUT2D eigenvalue weighted by Crippen LogP contribution is -2.08. The summed E-state index contributed by atoms with van der Waals surface area (Å²) in [5.41, 5.74) is 1.42. The van der Waals surface area contributed by atoms with Crippen molar-refractivity contribution in [3.8, 4) is 0 Å². The van der Waals surface area contributed by atoms with Crippen LogP contribution >= 0.6 is 0 Å². The number of nitrogens with zero attached hydrogens (tertiary/aromatic N) is 3. The van der Waals surface area contributed by atoms with Crippen molar-refractivity contribution in [1.29, 1.82) is 0 Å². The molecule has 0 saturated carbocycles. The lowest BCUT2D eigenvalue weighted by atomic mass is 10.1. The Hall–Kier alpha value is -1.23. The van der Waals surface area contributed by atoms with Crippen molar-refractivity contribution in [3.05, 3.63) is 11.4 Å². The average Bonchev–Trinajstić information content (AvgIpc) is 2.74. The van der Waals surface area contributed by atoms with Crippen LogP contribution in [0.25, 0.3) is 0 Å². The number of carbonyl (C=O) groups is 1. The number of carbonyl (C=O) groups excluding carboxylic acids is 1. The molecule has 0 fully saturated rings. The van der Waals surface area contributed by atoms with E-state index in [1.165, 1.54) is 0 Å². The Balaban J connectivity index is 2.59. The van der Waals surface area contributed by atoms with Crippen molar-refractivity contribution < 1.29 is 9.90 Å². The molecule has 1 rings (SSSR count). The normalized spacial score (nSPS) is 11.1. The first-order valence-electron chi connectivity index (χ1n) is 6.67. The van der Waals surface area contributed by atoms with Gasteiger partial charge in [0.25, 0.3) is 0 Å². The molecule has 0 saturated heterocycles. The van der Waals surface area contributed by atoms with Crippen molar-refractivity contribution in [2.75, 3.05) is 6.61 Å². The molecule has 0 atom stereocenters. The van der Waals surface area contributed by atoms with Crippen LogP contribution in [0.3, 0.4) is 0 Å². The van der Waals surface area contributed by atoms with Crippen LogP contribution in [0.5, 0.6) is 0 Å². The van der Waals surface area contributed by atoms with E-state index in [9.17, 15) is 4.79 Å². The Morgan fingerprint density at radius 1 is 1.33 bits per heavy atom. The van der Waals surface area contributed by atoms with Gasteiger partial charge in [-0.25, -0.2) is 4.68 Å². The molecule has 102 valence electrons. The van der Waals surface area contributed by atoms with Crippen molar-refractivity contribution in [1.82, 2.24) is 15.0 Å². The van der Waals surface area contributed by atoms with E-state index in [0.29, 0.717) is 11.6 Å². The fraction of sp³-hybridized carbons (Fsp3) is 0.769. The second kappa shape index (κ2) is 7.97. The van der Waals surface area contributed by atoms with Gasteiger partial charge in [0, 0.05) is 13.2 Å². The Bertz CT molecular complexity index is 361. The summed E-state index contributed by atoms with van der Waals surface area (Å²) in [6.07, 6.45) is 5.40. The zero-order valence-corrected chi connectivity index (χ0v) is 11.3. The molecule has 1 heterocycles. The Kier molecular flexibility index (Phi) is 6.57. The molecule has 0 radical (unpaired) electrons. The Morgan fingerprint density at radius 2 is 2.11 bits per heavy atom. The number of aldehydes is 1. The Labute approximate surface area is 108 Å². The van der Waals surface area contributed by atoms with Crippen LogP contribution in [0.1, 0.15) is 55.7 Å².